The Morgan fingerprint density at radius 2 is 2.20 bits per heavy atom. The van der Waals surface area contributed by atoms with Crippen LogP contribution in [0.1, 0.15) is 45.4 Å². The van der Waals surface area contributed by atoms with E-state index in [2.05, 4.69) is 13.0 Å². The number of nitrogens with zero attached hydrogens (tertiary/aromatic N) is 1. The Morgan fingerprint density at radius 1 is 1.50 bits per heavy atom. The number of rotatable bonds is 3. The van der Waals surface area contributed by atoms with Gasteiger partial charge in [-0.05, 0) is 24.7 Å². The second kappa shape index (κ2) is 3.05. The first-order valence-corrected chi connectivity index (χ1v) is 4.20. The van der Waals surface area contributed by atoms with E-state index in [0.717, 1.165) is 12.8 Å². The van der Waals surface area contributed by atoms with Crippen LogP contribution in [0.3, 0.4) is 0 Å². The van der Waals surface area contributed by atoms with Crippen molar-refractivity contribution < 1.29 is 0 Å². The van der Waals surface area contributed by atoms with Gasteiger partial charge < -0.3 is 0 Å². The Hall–Kier alpha value is -0.510. The maximum atomic E-state index is 8.39. The Balaban J connectivity index is 2.28. The van der Waals surface area contributed by atoms with E-state index in [1.54, 1.807) is 0 Å². The van der Waals surface area contributed by atoms with Crippen LogP contribution in [0.15, 0.2) is 0 Å². The zero-order valence-corrected chi connectivity index (χ0v) is 6.69. The SMILES string of the molecule is CCC1(CCC#N)CCC1. The van der Waals surface area contributed by atoms with E-state index < -0.39 is 0 Å². The second-order valence-corrected chi connectivity index (χ2v) is 3.37. The van der Waals surface area contributed by atoms with Crippen LogP contribution in [-0.4, -0.2) is 0 Å². The molecule has 0 unspecified atom stereocenters. The van der Waals surface area contributed by atoms with Crippen LogP contribution in [-0.2, 0) is 0 Å². The van der Waals surface area contributed by atoms with E-state index >= 15 is 0 Å². The Morgan fingerprint density at radius 3 is 2.50 bits per heavy atom. The quantitative estimate of drug-likeness (QED) is 0.586. The summed E-state index contributed by atoms with van der Waals surface area (Å²) in [4.78, 5) is 0. The van der Waals surface area contributed by atoms with Crippen molar-refractivity contribution >= 4 is 0 Å². The van der Waals surface area contributed by atoms with Crippen molar-refractivity contribution in [1.82, 2.24) is 0 Å². The summed E-state index contributed by atoms with van der Waals surface area (Å²) in [6, 6.07) is 2.23. The minimum Gasteiger partial charge on any atom is -0.198 e. The predicted octanol–water partition coefficient (Wildman–Crippen LogP) is 2.87. The summed E-state index contributed by atoms with van der Waals surface area (Å²) < 4.78 is 0. The van der Waals surface area contributed by atoms with Crippen molar-refractivity contribution in [1.29, 1.82) is 5.26 Å². The molecule has 0 aromatic rings. The third kappa shape index (κ3) is 1.31. The highest BCUT2D eigenvalue weighted by atomic mass is 14.4. The van der Waals surface area contributed by atoms with Crippen molar-refractivity contribution in [2.24, 2.45) is 5.41 Å². The van der Waals surface area contributed by atoms with E-state index in [0.29, 0.717) is 5.41 Å². The summed E-state index contributed by atoms with van der Waals surface area (Å²) in [6.45, 7) is 2.25. The van der Waals surface area contributed by atoms with Gasteiger partial charge in [-0.25, -0.2) is 0 Å². The molecular weight excluding hydrogens is 122 g/mol. The predicted molar refractivity (Wildman–Crippen MR) is 41.4 cm³/mol. The molecule has 0 heterocycles. The Kier molecular flexibility index (Phi) is 2.32. The smallest absolute Gasteiger partial charge is 0.0621 e. The molecule has 10 heavy (non-hydrogen) atoms. The Bertz CT molecular complexity index is 134. The largest absolute Gasteiger partial charge is 0.198 e. The molecule has 0 saturated heterocycles. The topological polar surface area (TPSA) is 23.8 Å². The molecule has 0 aliphatic heterocycles. The van der Waals surface area contributed by atoms with Gasteiger partial charge in [-0.2, -0.15) is 5.26 Å². The molecule has 1 heteroatoms. The molecule has 1 rings (SSSR count). The average Bonchev–Trinajstić information content (AvgIpc) is 1.87. The fraction of sp³-hybridized carbons (Fsp3) is 0.889. The summed E-state index contributed by atoms with van der Waals surface area (Å²) >= 11 is 0. The molecule has 0 aromatic heterocycles. The molecule has 0 atom stereocenters. The van der Waals surface area contributed by atoms with Gasteiger partial charge >= 0.3 is 0 Å². The zero-order chi connectivity index (χ0) is 7.45. The molecule has 0 bridgehead atoms. The molecule has 1 fully saturated rings. The van der Waals surface area contributed by atoms with Gasteiger partial charge in [0.1, 0.15) is 0 Å². The summed E-state index contributed by atoms with van der Waals surface area (Å²) in [5.74, 6) is 0. The van der Waals surface area contributed by atoms with Crippen LogP contribution in [0.4, 0.5) is 0 Å². The van der Waals surface area contributed by atoms with Crippen LogP contribution >= 0.6 is 0 Å². The molecule has 0 aromatic carbocycles. The van der Waals surface area contributed by atoms with Crippen molar-refractivity contribution in [3.05, 3.63) is 0 Å². The van der Waals surface area contributed by atoms with Gasteiger partial charge in [0.25, 0.3) is 0 Å². The summed E-state index contributed by atoms with van der Waals surface area (Å²) in [7, 11) is 0. The van der Waals surface area contributed by atoms with Crippen LogP contribution in [0, 0.1) is 16.7 Å². The standard InChI is InChI=1S/C9H15N/c1-2-9(5-3-6-9)7-4-8-10/h2-7H2,1H3. The molecule has 0 amide bonds. The molecule has 1 nitrogen and oxygen atoms in total. The average molecular weight is 137 g/mol. The summed E-state index contributed by atoms with van der Waals surface area (Å²) in [5, 5.41) is 8.39. The number of hydrogen-bond acceptors (Lipinski definition) is 1. The van der Waals surface area contributed by atoms with Gasteiger partial charge in [0, 0.05) is 6.42 Å². The van der Waals surface area contributed by atoms with Crippen LogP contribution in [0.2, 0.25) is 0 Å². The van der Waals surface area contributed by atoms with Gasteiger partial charge in [0.2, 0.25) is 0 Å². The molecule has 0 N–H and O–H groups in total. The van der Waals surface area contributed by atoms with E-state index in [4.69, 9.17) is 5.26 Å². The first-order chi connectivity index (χ1) is 4.83. The summed E-state index contributed by atoms with van der Waals surface area (Å²) in [6.07, 6.45) is 7.29. The van der Waals surface area contributed by atoms with Gasteiger partial charge in [-0.3, -0.25) is 0 Å². The molecule has 1 aliphatic carbocycles. The third-order valence-corrected chi connectivity index (χ3v) is 2.93. The molecule has 0 radical (unpaired) electrons. The van der Waals surface area contributed by atoms with E-state index in [1.807, 2.05) is 0 Å². The van der Waals surface area contributed by atoms with E-state index in [9.17, 15) is 0 Å². The summed E-state index contributed by atoms with van der Waals surface area (Å²) in [5.41, 5.74) is 0.593. The van der Waals surface area contributed by atoms with Crippen molar-refractivity contribution in [2.75, 3.05) is 0 Å². The van der Waals surface area contributed by atoms with Gasteiger partial charge in [-0.15, -0.1) is 0 Å². The maximum Gasteiger partial charge on any atom is 0.0621 e. The maximum absolute atomic E-state index is 8.39. The lowest BCUT2D eigenvalue weighted by Crippen LogP contribution is -2.28. The highest BCUT2D eigenvalue weighted by Gasteiger charge is 2.33. The van der Waals surface area contributed by atoms with Crippen LogP contribution in [0.5, 0.6) is 0 Å². The lowest BCUT2D eigenvalue weighted by atomic mass is 9.64. The fourth-order valence-corrected chi connectivity index (χ4v) is 1.78. The number of nitriles is 1. The molecule has 1 saturated carbocycles. The van der Waals surface area contributed by atoms with E-state index in [1.165, 1.54) is 25.7 Å². The normalized spacial score (nSPS) is 21.2. The van der Waals surface area contributed by atoms with Crippen LogP contribution in [0.25, 0.3) is 0 Å². The van der Waals surface area contributed by atoms with E-state index in [-0.39, 0.29) is 0 Å². The van der Waals surface area contributed by atoms with Gasteiger partial charge in [0.15, 0.2) is 0 Å². The lowest BCUT2D eigenvalue weighted by molar-refractivity contribution is 0.116. The highest BCUT2D eigenvalue weighted by Crippen LogP contribution is 2.47. The van der Waals surface area contributed by atoms with Crippen LogP contribution < -0.4 is 0 Å². The highest BCUT2D eigenvalue weighted by molar-refractivity contribution is 4.89. The number of hydrogen-bond donors (Lipinski definition) is 0. The van der Waals surface area contributed by atoms with Gasteiger partial charge in [-0.1, -0.05) is 19.8 Å². The first kappa shape index (κ1) is 7.60. The fourth-order valence-electron chi connectivity index (χ4n) is 1.78. The third-order valence-electron chi connectivity index (χ3n) is 2.93. The molecule has 1 aliphatic rings. The zero-order valence-electron chi connectivity index (χ0n) is 6.69. The first-order valence-electron chi connectivity index (χ1n) is 4.20. The van der Waals surface area contributed by atoms with Gasteiger partial charge in [0.05, 0.1) is 6.07 Å². The molecular formula is C9H15N. The molecule has 56 valence electrons. The Labute approximate surface area is 63.0 Å². The monoisotopic (exact) mass is 137 g/mol. The minimum absolute atomic E-state index is 0.593. The van der Waals surface area contributed by atoms with Crippen molar-refractivity contribution in [3.8, 4) is 6.07 Å². The van der Waals surface area contributed by atoms with Crippen molar-refractivity contribution in [3.63, 3.8) is 0 Å². The second-order valence-electron chi connectivity index (χ2n) is 3.37. The van der Waals surface area contributed by atoms with Crippen molar-refractivity contribution in [2.45, 2.75) is 45.4 Å². The molecule has 0 spiro atoms. The lowest BCUT2D eigenvalue weighted by Gasteiger charge is -2.40. The minimum atomic E-state index is 0.593.